The van der Waals surface area contributed by atoms with Crippen LogP contribution in [0.15, 0.2) is 0 Å². The van der Waals surface area contributed by atoms with Gasteiger partial charge in [0.2, 0.25) is 5.91 Å². The van der Waals surface area contributed by atoms with Gasteiger partial charge in [0.05, 0.1) is 13.7 Å². The summed E-state index contributed by atoms with van der Waals surface area (Å²) in [7, 11) is 1.29. The number of hydrogen-bond donors (Lipinski definition) is 1. The summed E-state index contributed by atoms with van der Waals surface area (Å²) in [6.45, 7) is 1.93. The molecule has 0 aromatic heterocycles. The molecule has 6 nitrogen and oxygen atoms in total. The molecule has 0 bridgehead atoms. The summed E-state index contributed by atoms with van der Waals surface area (Å²) in [5, 5.41) is 2.64. The van der Waals surface area contributed by atoms with E-state index in [1.807, 2.05) is 0 Å². The first-order valence-corrected chi connectivity index (χ1v) is 7.11. The van der Waals surface area contributed by atoms with Gasteiger partial charge in [-0.25, -0.2) is 4.79 Å². The fourth-order valence-corrected chi connectivity index (χ4v) is 3.56. The van der Waals surface area contributed by atoms with Gasteiger partial charge in [-0.1, -0.05) is 19.3 Å². The van der Waals surface area contributed by atoms with Gasteiger partial charge in [0.1, 0.15) is 12.0 Å². The first-order valence-electron chi connectivity index (χ1n) is 7.11. The highest BCUT2D eigenvalue weighted by Gasteiger charge is 2.61. The van der Waals surface area contributed by atoms with Gasteiger partial charge in [-0.05, 0) is 19.8 Å². The van der Waals surface area contributed by atoms with Crippen LogP contribution >= 0.6 is 0 Å². The lowest BCUT2D eigenvalue weighted by Gasteiger charge is -2.39. The van der Waals surface area contributed by atoms with Crippen LogP contribution in [-0.4, -0.2) is 37.6 Å². The van der Waals surface area contributed by atoms with Crippen LogP contribution in [0.25, 0.3) is 0 Å². The molecule has 0 aromatic rings. The van der Waals surface area contributed by atoms with Crippen molar-refractivity contribution in [2.75, 3.05) is 13.7 Å². The monoisotopic (exact) mass is 283 g/mol. The largest absolute Gasteiger partial charge is 0.467 e. The van der Waals surface area contributed by atoms with Gasteiger partial charge in [-0.15, -0.1) is 0 Å². The maximum absolute atomic E-state index is 12.2. The van der Waals surface area contributed by atoms with E-state index in [1.54, 1.807) is 6.92 Å². The van der Waals surface area contributed by atoms with E-state index in [1.165, 1.54) is 7.11 Å². The Morgan fingerprint density at radius 2 is 1.90 bits per heavy atom. The zero-order valence-electron chi connectivity index (χ0n) is 11.9. The zero-order valence-corrected chi connectivity index (χ0v) is 11.9. The summed E-state index contributed by atoms with van der Waals surface area (Å²) in [5.41, 5.74) is -0.686. The molecule has 1 saturated heterocycles. The number of nitrogens with one attached hydrogen (secondary N) is 1. The molecular formula is C14H21NO5. The number of carbonyl (C=O) groups is 3. The maximum atomic E-state index is 12.2. The quantitative estimate of drug-likeness (QED) is 0.611. The standard InChI is InChI=1S/C14H21NO5/c1-3-20-12(17)9-11(16)15-10(13(18)19-2)14(9)7-5-4-6-8-14/h9-10H,3-8H2,1-2H3,(H,15,16). The van der Waals surface area contributed by atoms with Crippen molar-refractivity contribution in [2.24, 2.45) is 11.3 Å². The third-order valence-corrected chi connectivity index (χ3v) is 4.44. The van der Waals surface area contributed by atoms with Crippen molar-refractivity contribution in [3.8, 4) is 0 Å². The minimum absolute atomic E-state index is 0.224. The van der Waals surface area contributed by atoms with Gasteiger partial charge < -0.3 is 14.8 Å². The third kappa shape index (κ3) is 2.27. The molecule has 2 unspecified atom stereocenters. The van der Waals surface area contributed by atoms with Crippen molar-refractivity contribution < 1.29 is 23.9 Å². The Hall–Kier alpha value is -1.59. The fourth-order valence-electron chi connectivity index (χ4n) is 3.56. The first-order chi connectivity index (χ1) is 9.56. The molecule has 1 saturated carbocycles. The van der Waals surface area contributed by atoms with Crippen molar-refractivity contribution in [1.82, 2.24) is 5.32 Å². The van der Waals surface area contributed by atoms with Gasteiger partial charge in [0.15, 0.2) is 0 Å². The van der Waals surface area contributed by atoms with E-state index in [9.17, 15) is 14.4 Å². The molecule has 2 rings (SSSR count). The van der Waals surface area contributed by atoms with Gasteiger partial charge in [0, 0.05) is 5.41 Å². The Balaban J connectivity index is 2.35. The van der Waals surface area contributed by atoms with Crippen molar-refractivity contribution in [3.05, 3.63) is 0 Å². The van der Waals surface area contributed by atoms with E-state index in [4.69, 9.17) is 9.47 Å². The van der Waals surface area contributed by atoms with E-state index < -0.39 is 35.2 Å². The maximum Gasteiger partial charge on any atom is 0.328 e. The van der Waals surface area contributed by atoms with Crippen LogP contribution in [0.3, 0.4) is 0 Å². The second-order valence-corrected chi connectivity index (χ2v) is 5.44. The summed E-state index contributed by atoms with van der Waals surface area (Å²) in [4.78, 5) is 36.3. The van der Waals surface area contributed by atoms with Crippen LogP contribution in [0.5, 0.6) is 0 Å². The number of hydrogen-bond acceptors (Lipinski definition) is 5. The number of ether oxygens (including phenoxy) is 2. The molecule has 0 radical (unpaired) electrons. The molecule has 20 heavy (non-hydrogen) atoms. The average Bonchev–Trinajstić information content (AvgIpc) is 2.71. The van der Waals surface area contributed by atoms with Crippen molar-refractivity contribution >= 4 is 17.8 Å². The van der Waals surface area contributed by atoms with E-state index in [2.05, 4.69) is 5.32 Å². The molecule has 2 aliphatic rings. The lowest BCUT2D eigenvalue weighted by molar-refractivity contribution is -0.157. The van der Waals surface area contributed by atoms with Crippen LogP contribution in [0.4, 0.5) is 0 Å². The lowest BCUT2D eigenvalue weighted by atomic mass is 9.63. The Kier molecular flexibility index (Phi) is 4.30. The number of amides is 1. The Morgan fingerprint density at radius 1 is 1.25 bits per heavy atom. The second kappa shape index (κ2) is 5.81. The summed E-state index contributed by atoms with van der Waals surface area (Å²) >= 11 is 0. The highest BCUT2D eigenvalue weighted by atomic mass is 16.5. The van der Waals surface area contributed by atoms with E-state index >= 15 is 0 Å². The molecule has 1 spiro atoms. The van der Waals surface area contributed by atoms with E-state index in [0.717, 1.165) is 19.3 Å². The van der Waals surface area contributed by atoms with Crippen LogP contribution in [0.1, 0.15) is 39.0 Å². The molecule has 1 aliphatic heterocycles. The predicted octanol–water partition coefficient (Wildman–Crippen LogP) is 0.788. The lowest BCUT2D eigenvalue weighted by Crippen LogP contribution is -2.48. The molecule has 1 amide bonds. The SMILES string of the molecule is CCOC(=O)C1C(=O)NC(C(=O)OC)C12CCCCC2. The topological polar surface area (TPSA) is 81.7 Å². The Labute approximate surface area is 118 Å². The van der Waals surface area contributed by atoms with Crippen LogP contribution < -0.4 is 5.32 Å². The highest BCUT2D eigenvalue weighted by molar-refractivity contribution is 6.04. The number of esters is 2. The van der Waals surface area contributed by atoms with Crippen LogP contribution in [-0.2, 0) is 23.9 Å². The molecule has 6 heteroatoms. The molecular weight excluding hydrogens is 262 g/mol. The van der Waals surface area contributed by atoms with Gasteiger partial charge >= 0.3 is 11.9 Å². The Morgan fingerprint density at radius 3 is 2.45 bits per heavy atom. The molecule has 1 heterocycles. The summed E-state index contributed by atoms with van der Waals surface area (Å²) in [6.07, 6.45) is 4.18. The van der Waals surface area contributed by atoms with E-state index in [-0.39, 0.29) is 6.61 Å². The van der Waals surface area contributed by atoms with Gasteiger partial charge in [0.25, 0.3) is 0 Å². The number of carbonyl (C=O) groups excluding carboxylic acids is 3. The smallest absolute Gasteiger partial charge is 0.328 e. The molecule has 112 valence electrons. The predicted molar refractivity (Wildman–Crippen MR) is 69.6 cm³/mol. The first kappa shape index (κ1) is 14.8. The van der Waals surface area contributed by atoms with Gasteiger partial charge in [-0.2, -0.15) is 0 Å². The second-order valence-electron chi connectivity index (χ2n) is 5.44. The zero-order chi connectivity index (χ0) is 14.8. The highest BCUT2D eigenvalue weighted by Crippen LogP contribution is 2.49. The van der Waals surface area contributed by atoms with Crippen LogP contribution in [0, 0.1) is 11.3 Å². The summed E-state index contributed by atoms with van der Waals surface area (Å²) in [6, 6.07) is -0.741. The fraction of sp³-hybridized carbons (Fsp3) is 0.786. The third-order valence-electron chi connectivity index (χ3n) is 4.44. The molecule has 1 N–H and O–H groups in total. The minimum atomic E-state index is -0.896. The van der Waals surface area contributed by atoms with Crippen molar-refractivity contribution in [1.29, 1.82) is 0 Å². The minimum Gasteiger partial charge on any atom is -0.467 e. The summed E-state index contributed by atoms with van der Waals surface area (Å²) in [5.74, 6) is -2.32. The number of rotatable bonds is 3. The summed E-state index contributed by atoms with van der Waals surface area (Å²) < 4.78 is 9.83. The molecule has 0 aromatic carbocycles. The molecule has 2 fully saturated rings. The molecule has 1 aliphatic carbocycles. The van der Waals surface area contributed by atoms with Crippen molar-refractivity contribution in [3.63, 3.8) is 0 Å². The van der Waals surface area contributed by atoms with Crippen LogP contribution in [0.2, 0.25) is 0 Å². The van der Waals surface area contributed by atoms with Crippen molar-refractivity contribution in [2.45, 2.75) is 45.1 Å². The molecule has 2 atom stereocenters. The van der Waals surface area contributed by atoms with E-state index in [0.29, 0.717) is 12.8 Å². The number of methoxy groups -OCH3 is 1. The van der Waals surface area contributed by atoms with Gasteiger partial charge in [-0.3, -0.25) is 9.59 Å². The normalized spacial score (nSPS) is 28.0. The Bertz CT molecular complexity index is 414. The average molecular weight is 283 g/mol.